The second-order valence-corrected chi connectivity index (χ2v) is 5.48. The highest BCUT2D eigenvalue weighted by Gasteiger charge is 2.37. The maximum Gasteiger partial charge on any atom is 0.122 e. The Balaban J connectivity index is 0.000001000. The van der Waals surface area contributed by atoms with Crippen LogP contribution in [0.1, 0.15) is 23.5 Å². The molecule has 1 aromatic carbocycles. The van der Waals surface area contributed by atoms with Gasteiger partial charge in [0.2, 0.25) is 0 Å². The van der Waals surface area contributed by atoms with E-state index in [1.807, 2.05) is 0 Å². The van der Waals surface area contributed by atoms with Gasteiger partial charge in [0.1, 0.15) is 5.75 Å². The van der Waals surface area contributed by atoms with Gasteiger partial charge in [0.15, 0.2) is 0 Å². The first kappa shape index (κ1) is 17.6. The fourth-order valence-electron chi connectivity index (χ4n) is 3.69. The number of rotatable bonds is 3. The first-order valence-corrected chi connectivity index (χ1v) is 6.91. The van der Waals surface area contributed by atoms with E-state index in [9.17, 15) is 0 Å². The zero-order valence-electron chi connectivity index (χ0n) is 11.9. The van der Waals surface area contributed by atoms with Crippen LogP contribution in [-0.2, 0) is 6.42 Å². The molecule has 2 N–H and O–H groups in total. The molecule has 20 heavy (non-hydrogen) atoms. The Morgan fingerprint density at radius 3 is 2.80 bits per heavy atom. The van der Waals surface area contributed by atoms with E-state index in [2.05, 4.69) is 23.1 Å². The van der Waals surface area contributed by atoms with Gasteiger partial charge in [-0.15, -0.1) is 24.8 Å². The lowest BCUT2D eigenvalue weighted by molar-refractivity contribution is 0.329. The van der Waals surface area contributed by atoms with Crippen LogP contribution in [0.2, 0.25) is 0 Å². The van der Waals surface area contributed by atoms with Crippen molar-refractivity contribution in [3.8, 4) is 5.75 Å². The van der Waals surface area contributed by atoms with Gasteiger partial charge >= 0.3 is 0 Å². The molecule has 5 heteroatoms. The number of ether oxygens (including phenoxy) is 1. The molecule has 114 valence electrons. The highest BCUT2D eigenvalue weighted by Crippen LogP contribution is 2.43. The van der Waals surface area contributed by atoms with Crippen molar-refractivity contribution in [3.63, 3.8) is 0 Å². The average molecular weight is 319 g/mol. The molecule has 1 saturated heterocycles. The van der Waals surface area contributed by atoms with E-state index in [-0.39, 0.29) is 24.8 Å². The quantitative estimate of drug-likeness (QED) is 0.930. The first-order chi connectivity index (χ1) is 8.83. The first-order valence-electron chi connectivity index (χ1n) is 6.91. The Bertz CT molecular complexity index is 442. The van der Waals surface area contributed by atoms with Crippen LogP contribution >= 0.6 is 24.8 Å². The third-order valence-corrected chi connectivity index (χ3v) is 4.52. The highest BCUT2D eigenvalue weighted by molar-refractivity contribution is 5.85. The molecule has 2 aliphatic rings. The van der Waals surface area contributed by atoms with E-state index in [1.54, 1.807) is 7.11 Å². The number of fused-ring (bicyclic) bond motifs is 3. The van der Waals surface area contributed by atoms with Crippen LogP contribution in [0.4, 0.5) is 0 Å². The molecule has 0 saturated carbocycles. The summed E-state index contributed by atoms with van der Waals surface area (Å²) < 4.78 is 5.50. The summed E-state index contributed by atoms with van der Waals surface area (Å²) in [4.78, 5) is 2.52. The summed E-state index contributed by atoms with van der Waals surface area (Å²) in [5.74, 6) is 2.58. The van der Waals surface area contributed by atoms with Gasteiger partial charge in [0.25, 0.3) is 0 Å². The molecular weight excluding hydrogens is 295 g/mol. The van der Waals surface area contributed by atoms with Crippen molar-refractivity contribution < 1.29 is 4.74 Å². The van der Waals surface area contributed by atoms with Crippen LogP contribution in [0.5, 0.6) is 5.75 Å². The molecule has 1 heterocycles. The second-order valence-electron chi connectivity index (χ2n) is 5.48. The Morgan fingerprint density at radius 2 is 2.10 bits per heavy atom. The van der Waals surface area contributed by atoms with Crippen LogP contribution in [0.15, 0.2) is 18.2 Å². The number of hydrogen-bond acceptors (Lipinski definition) is 3. The molecule has 3 rings (SSSR count). The van der Waals surface area contributed by atoms with Crippen molar-refractivity contribution in [2.24, 2.45) is 11.7 Å². The number of benzene rings is 1. The molecule has 0 radical (unpaired) electrons. The molecule has 3 nitrogen and oxygen atoms in total. The van der Waals surface area contributed by atoms with E-state index >= 15 is 0 Å². The lowest BCUT2D eigenvalue weighted by Crippen LogP contribution is -2.27. The van der Waals surface area contributed by atoms with Crippen molar-refractivity contribution in [2.75, 3.05) is 33.3 Å². The molecule has 0 spiro atoms. The van der Waals surface area contributed by atoms with Gasteiger partial charge in [-0.25, -0.2) is 0 Å². The normalized spacial score (nSPS) is 24.1. The SMILES string of the molecule is COc1cccc2c1CC[C@@H]1CN(CCN)C[C@@H]21.Cl.Cl. The Hall–Kier alpha value is -0.480. The number of nitrogens with zero attached hydrogens (tertiary/aromatic N) is 1. The zero-order valence-corrected chi connectivity index (χ0v) is 13.5. The predicted octanol–water partition coefficient (Wildman–Crippen LogP) is 2.46. The predicted molar refractivity (Wildman–Crippen MR) is 87.5 cm³/mol. The maximum atomic E-state index is 5.68. The van der Waals surface area contributed by atoms with E-state index in [1.165, 1.54) is 30.6 Å². The summed E-state index contributed by atoms with van der Waals surface area (Å²) >= 11 is 0. The van der Waals surface area contributed by atoms with Crippen molar-refractivity contribution in [1.82, 2.24) is 4.90 Å². The lowest BCUT2D eigenvalue weighted by atomic mass is 9.77. The van der Waals surface area contributed by atoms with Crippen molar-refractivity contribution in [1.29, 1.82) is 0 Å². The maximum absolute atomic E-state index is 5.68. The van der Waals surface area contributed by atoms with Gasteiger partial charge in [-0.3, -0.25) is 0 Å². The van der Waals surface area contributed by atoms with Crippen LogP contribution in [0, 0.1) is 5.92 Å². The minimum atomic E-state index is 0. The van der Waals surface area contributed by atoms with Gasteiger partial charge in [-0.1, -0.05) is 12.1 Å². The van der Waals surface area contributed by atoms with E-state index in [0.717, 1.165) is 31.2 Å². The minimum Gasteiger partial charge on any atom is -0.496 e. The average Bonchev–Trinajstić information content (AvgIpc) is 2.81. The second kappa shape index (κ2) is 7.51. The Kier molecular flexibility index (Phi) is 6.59. The minimum absolute atomic E-state index is 0. The van der Waals surface area contributed by atoms with Gasteiger partial charge in [0, 0.05) is 32.1 Å². The number of likely N-dealkylation sites (tertiary alicyclic amines) is 1. The molecular formula is C15H24Cl2N2O. The molecule has 1 aliphatic carbocycles. The number of nitrogens with two attached hydrogens (primary N) is 1. The van der Waals surface area contributed by atoms with Crippen LogP contribution in [0.25, 0.3) is 0 Å². The summed E-state index contributed by atoms with van der Waals surface area (Å²) in [6, 6.07) is 6.51. The molecule has 2 atom stereocenters. The molecule has 0 bridgehead atoms. The van der Waals surface area contributed by atoms with Gasteiger partial charge in [-0.05, 0) is 36.0 Å². The van der Waals surface area contributed by atoms with Crippen LogP contribution in [0.3, 0.4) is 0 Å². The Labute approximate surface area is 133 Å². The molecule has 1 aliphatic heterocycles. The smallest absolute Gasteiger partial charge is 0.122 e. The van der Waals surface area contributed by atoms with E-state index < -0.39 is 0 Å². The fourth-order valence-corrected chi connectivity index (χ4v) is 3.69. The zero-order chi connectivity index (χ0) is 12.5. The topological polar surface area (TPSA) is 38.5 Å². The Morgan fingerprint density at radius 1 is 1.30 bits per heavy atom. The summed E-state index contributed by atoms with van der Waals surface area (Å²) in [5.41, 5.74) is 8.64. The summed E-state index contributed by atoms with van der Waals surface area (Å²) in [7, 11) is 1.77. The van der Waals surface area contributed by atoms with E-state index in [4.69, 9.17) is 10.5 Å². The molecule has 1 fully saturated rings. The molecule has 0 aromatic heterocycles. The molecule has 0 amide bonds. The third kappa shape index (κ3) is 3.06. The van der Waals surface area contributed by atoms with Gasteiger partial charge < -0.3 is 15.4 Å². The summed E-state index contributed by atoms with van der Waals surface area (Å²) in [5, 5.41) is 0. The van der Waals surface area contributed by atoms with Crippen molar-refractivity contribution in [2.45, 2.75) is 18.8 Å². The largest absolute Gasteiger partial charge is 0.496 e. The van der Waals surface area contributed by atoms with Gasteiger partial charge in [-0.2, -0.15) is 0 Å². The van der Waals surface area contributed by atoms with Crippen LogP contribution < -0.4 is 10.5 Å². The summed E-state index contributed by atoms with van der Waals surface area (Å²) in [6.07, 6.45) is 2.45. The standard InChI is InChI=1S/C15H22N2O.2ClH/c1-18-15-4-2-3-12-13(15)6-5-11-9-17(8-7-16)10-14(11)12;;/h2-4,11,14H,5-10,16H2,1H3;2*1H/t11-,14-;;/m1../s1. The van der Waals surface area contributed by atoms with E-state index in [0.29, 0.717) is 5.92 Å². The fraction of sp³-hybridized carbons (Fsp3) is 0.600. The van der Waals surface area contributed by atoms with Crippen molar-refractivity contribution >= 4 is 24.8 Å². The molecule has 0 unspecified atom stereocenters. The monoisotopic (exact) mass is 318 g/mol. The number of methoxy groups -OCH3 is 1. The highest BCUT2D eigenvalue weighted by atomic mass is 35.5. The third-order valence-electron chi connectivity index (χ3n) is 4.52. The van der Waals surface area contributed by atoms with Gasteiger partial charge in [0.05, 0.1) is 7.11 Å². The van der Waals surface area contributed by atoms with Crippen molar-refractivity contribution in [3.05, 3.63) is 29.3 Å². The number of halogens is 2. The number of hydrogen-bond donors (Lipinski definition) is 1. The summed E-state index contributed by atoms with van der Waals surface area (Å²) in [6.45, 7) is 4.19. The van der Waals surface area contributed by atoms with Crippen LogP contribution in [-0.4, -0.2) is 38.2 Å². The molecule has 1 aromatic rings. The lowest BCUT2D eigenvalue weighted by Gasteiger charge is -2.28.